The first-order valence-corrected chi connectivity index (χ1v) is 5.88. The number of likely N-dealkylation sites (tertiary alicyclic amines) is 1. The Labute approximate surface area is 88.0 Å². The third-order valence-corrected chi connectivity index (χ3v) is 2.77. The van der Waals surface area contributed by atoms with E-state index < -0.39 is 0 Å². The molecule has 0 aromatic carbocycles. The molecule has 0 spiro atoms. The minimum atomic E-state index is 0.692. The van der Waals surface area contributed by atoms with Crippen LogP contribution in [0.15, 0.2) is 0 Å². The summed E-state index contributed by atoms with van der Waals surface area (Å²) >= 11 is 0. The van der Waals surface area contributed by atoms with Crippen molar-refractivity contribution in [1.29, 1.82) is 0 Å². The van der Waals surface area contributed by atoms with Crippen LogP contribution in [-0.4, -0.2) is 43.7 Å². The van der Waals surface area contributed by atoms with Crippen molar-refractivity contribution in [3.63, 3.8) is 0 Å². The Morgan fingerprint density at radius 1 is 1.50 bits per heavy atom. The summed E-state index contributed by atoms with van der Waals surface area (Å²) in [6, 6.07) is 0.692. The number of nitrogens with two attached hydrogens (primary N) is 1. The second-order valence-electron chi connectivity index (χ2n) is 4.73. The maximum atomic E-state index is 5.56. The van der Waals surface area contributed by atoms with Crippen LogP contribution in [0.25, 0.3) is 0 Å². The van der Waals surface area contributed by atoms with Gasteiger partial charge in [-0.3, -0.25) is 0 Å². The van der Waals surface area contributed by atoms with Crippen LogP contribution in [0.4, 0.5) is 0 Å². The summed E-state index contributed by atoms with van der Waals surface area (Å²) in [5.41, 5.74) is 5.56. The largest absolute Gasteiger partial charge is 0.329 e. The molecule has 3 nitrogen and oxygen atoms in total. The van der Waals surface area contributed by atoms with Crippen LogP contribution in [0, 0.1) is 5.92 Å². The second kappa shape index (κ2) is 6.38. The predicted octanol–water partition coefficient (Wildman–Crippen LogP) is 0.655. The van der Waals surface area contributed by atoms with Crippen molar-refractivity contribution in [3.8, 4) is 0 Å². The van der Waals surface area contributed by atoms with E-state index >= 15 is 0 Å². The van der Waals surface area contributed by atoms with Crippen LogP contribution >= 0.6 is 0 Å². The number of rotatable bonds is 5. The Morgan fingerprint density at radius 3 is 2.93 bits per heavy atom. The normalized spacial score (nSPS) is 24.4. The lowest BCUT2D eigenvalue weighted by molar-refractivity contribution is 0.193. The third-order valence-electron chi connectivity index (χ3n) is 2.77. The molecule has 0 aromatic heterocycles. The van der Waals surface area contributed by atoms with Crippen LogP contribution in [-0.2, 0) is 0 Å². The van der Waals surface area contributed by atoms with Crippen molar-refractivity contribution >= 4 is 0 Å². The maximum absolute atomic E-state index is 5.56. The van der Waals surface area contributed by atoms with Crippen molar-refractivity contribution in [2.24, 2.45) is 11.7 Å². The minimum absolute atomic E-state index is 0.692. The van der Waals surface area contributed by atoms with E-state index in [-0.39, 0.29) is 0 Å². The SMILES string of the molecule is CC(C)CNC1CCCN(CCN)C1. The minimum Gasteiger partial charge on any atom is -0.329 e. The lowest BCUT2D eigenvalue weighted by Gasteiger charge is -2.33. The van der Waals surface area contributed by atoms with E-state index in [4.69, 9.17) is 5.73 Å². The summed E-state index contributed by atoms with van der Waals surface area (Å²) in [6.45, 7) is 9.92. The zero-order chi connectivity index (χ0) is 10.4. The molecule has 3 N–H and O–H groups in total. The van der Waals surface area contributed by atoms with Gasteiger partial charge in [-0.15, -0.1) is 0 Å². The molecule has 0 amide bonds. The van der Waals surface area contributed by atoms with Crippen LogP contribution in [0.1, 0.15) is 26.7 Å². The molecule has 1 aliphatic rings. The summed E-state index contributed by atoms with van der Waals surface area (Å²) in [5.74, 6) is 0.750. The fourth-order valence-electron chi connectivity index (χ4n) is 2.01. The molecule has 0 aliphatic carbocycles. The monoisotopic (exact) mass is 199 g/mol. The predicted molar refractivity (Wildman–Crippen MR) is 61.4 cm³/mol. The number of hydrogen-bond donors (Lipinski definition) is 2. The molecular formula is C11H25N3. The molecule has 1 aliphatic heterocycles. The highest BCUT2D eigenvalue weighted by Gasteiger charge is 2.18. The van der Waals surface area contributed by atoms with Gasteiger partial charge in [0.1, 0.15) is 0 Å². The number of piperidine rings is 1. The summed E-state index contributed by atoms with van der Waals surface area (Å²) in [5, 5.41) is 3.63. The van der Waals surface area contributed by atoms with Crippen molar-refractivity contribution in [2.45, 2.75) is 32.7 Å². The van der Waals surface area contributed by atoms with E-state index in [1.165, 1.54) is 25.9 Å². The van der Waals surface area contributed by atoms with E-state index in [0.29, 0.717) is 6.04 Å². The van der Waals surface area contributed by atoms with Gasteiger partial charge in [0.15, 0.2) is 0 Å². The van der Waals surface area contributed by atoms with Crippen molar-refractivity contribution in [3.05, 3.63) is 0 Å². The molecule has 1 heterocycles. The van der Waals surface area contributed by atoms with E-state index in [1.54, 1.807) is 0 Å². The molecule has 1 fully saturated rings. The molecule has 1 unspecified atom stereocenters. The second-order valence-corrected chi connectivity index (χ2v) is 4.73. The van der Waals surface area contributed by atoms with Gasteiger partial charge in [-0.1, -0.05) is 13.8 Å². The molecule has 0 saturated carbocycles. The van der Waals surface area contributed by atoms with Gasteiger partial charge in [0.25, 0.3) is 0 Å². The van der Waals surface area contributed by atoms with Gasteiger partial charge in [0.2, 0.25) is 0 Å². The van der Waals surface area contributed by atoms with Crippen LogP contribution in [0.2, 0.25) is 0 Å². The fourth-order valence-corrected chi connectivity index (χ4v) is 2.01. The maximum Gasteiger partial charge on any atom is 0.0195 e. The lowest BCUT2D eigenvalue weighted by atomic mass is 10.0. The zero-order valence-electron chi connectivity index (χ0n) is 9.63. The Hall–Kier alpha value is -0.120. The van der Waals surface area contributed by atoms with Gasteiger partial charge in [0.05, 0.1) is 0 Å². The molecular weight excluding hydrogens is 174 g/mol. The summed E-state index contributed by atoms with van der Waals surface area (Å²) in [6.07, 6.45) is 2.64. The highest BCUT2D eigenvalue weighted by atomic mass is 15.2. The van der Waals surface area contributed by atoms with Crippen LogP contribution < -0.4 is 11.1 Å². The molecule has 3 heteroatoms. The van der Waals surface area contributed by atoms with Gasteiger partial charge in [-0.05, 0) is 31.8 Å². The summed E-state index contributed by atoms with van der Waals surface area (Å²) < 4.78 is 0. The topological polar surface area (TPSA) is 41.3 Å². The molecule has 0 radical (unpaired) electrons. The van der Waals surface area contributed by atoms with E-state index in [2.05, 4.69) is 24.1 Å². The summed E-state index contributed by atoms with van der Waals surface area (Å²) in [7, 11) is 0. The highest BCUT2D eigenvalue weighted by Crippen LogP contribution is 2.09. The van der Waals surface area contributed by atoms with Gasteiger partial charge in [0, 0.05) is 25.7 Å². The molecule has 0 bridgehead atoms. The standard InChI is InChI=1S/C11H25N3/c1-10(2)8-13-11-4-3-6-14(9-11)7-5-12/h10-11,13H,3-9,12H2,1-2H3. The van der Waals surface area contributed by atoms with Gasteiger partial charge < -0.3 is 16.0 Å². The molecule has 0 aromatic rings. The van der Waals surface area contributed by atoms with Gasteiger partial charge in [-0.2, -0.15) is 0 Å². The number of nitrogens with zero attached hydrogens (tertiary/aromatic N) is 1. The Balaban J connectivity index is 2.18. The fraction of sp³-hybridized carbons (Fsp3) is 1.00. The van der Waals surface area contributed by atoms with E-state index in [0.717, 1.165) is 25.6 Å². The first-order chi connectivity index (χ1) is 6.72. The highest BCUT2D eigenvalue weighted by molar-refractivity contribution is 4.78. The van der Waals surface area contributed by atoms with Gasteiger partial charge >= 0.3 is 0 Å². The summed E-state index contributed by atoms with van der Waals surface area (Å²) in [4.78, 5) is 2.47. The van der Waals surface area contributed by atoms with Crippen molar-refractivity contribution in [2.75, 3.05) is 32.7 Å². The average Bonchev–Trinajstić information content (AvgIpc) is 2.16. The number of nitrogens with one attached hydrogen (secondary N) is 1. The molecule has 84 valence electrons. The third kappa shape index (κ3) is 4.40. The van der Waals surface area contributed by atoms with Crippen molar-refractivity contribution in [1.82, 2.24) is 10.2 Å². The Kier molecular flexibility index (Phi) is 5.45. The smallest absolute Gasteiger partial charge is 0.0195 e. The molecule has 14 heavy (non-hydrogen) atoms. The van der Waals surface area contributed by atoms with Gasteiger partial charge in [-0.25, -0.2) is 0 Å². The van der Waals surface area contributed by atoms with Crippen LogP contribution in [0.3, 0.4) is 0 Å². The van der Waals surface area contributed by atoms with E-state index in [1.807, 2.05) is 0 Å². The Morgan fingerprint density at radius 2 is 2.29 bits per heavy atom. The first-order valence-electron chi connectivity index (χ1n) is 5.88. The molecule has 1 saturated heterocycles. The quantitative estimate of drug-likeness (QED) is 0.683. The Bertz CT molecular complexity index is 145. The van der Waals surface area contributed by atoms with Crippen molar-refractivity contribution < 1.29 is 0 Å². The van der Waals surface area contributed by atoms with E-state index in [9.17, 15) is 0 Å². The molecule has 1 atom stereocenters. The van der Waals surface area contributed by atoms with Crippen LogP contribution in [0.5, 0.6) is 0 Å². The molecule has 1 rings (SSSR count). The first kappa shape index (κ1) is 12.0. The lowest BCUT2D eigenvalue weighted by Crippen LogP contribution is -2.47. The zero-order valence-corrected chi connectivity index (χ0v) is 9.63. The average molecular weight is 199 g/mol. The number of hydrogen-bond acceptors (Lipinski definition) is 3.